The zero-order chi connectivity index (χ0) is 15.4. The van der Waals surface area contributed by atoms with E-state index in [1.54, 1.807) is 36.5 Å². The second-order valence-corrected chi connectivity index (χ2v) is 5.24. The van der Waals surface area contributed by atoms with Gasteiger partial charge in [0, 0.05) is 17.3 Å². The maximum atomic E-state index is 12.7. The molecule has 1 heterocycles. The zero-order valence-electron chi connectivity index (χ0n) is 12.2. The molecule has 0 aliphatic carbocycles. The molecule has 0 radical (unpaired) electrons. The quantitative estimate of drug-likeness (QED) is 0.874. The normalized spacial score (nSPS) is 11.8. The lowest BCUT2D eigenvalue weighted by atomic mass is 10.2. The van der Waals surface area contributed by atoms with Crippen LogP contribution in [0.2, 0.25) is 5.02 Å². The Morgan fingerprint density at radius 1 is 1.29 bits per heavy atom. The van der Waals surface area contributed by atoms with Crippen LogP contribution in [0.1, 0.15) is 24.2 Å². The number of benzene rings is 1. The number of nitrogens with zero attached hydrogens (tertiary/aromatic N) is 2. The maximum Gasteiger partial charge on any atom is 0.267 e. The first-order valence-corrected chi connectivity index (χ1v) is 7.00. The van der Waals surface area contributed by atoms with Crippen LogP contribution in [0.5, 0.6) is 5.75 Å². The summed E-state index contributed by atoms with van der Waals surface area (Å²) in [6, 6.07) is 10.5. The fraction of sp³-hybridized carbons (Fsp3) is 0.250. The van der Waals surface area contributed by atoms with Gasteiger partial charge in [-0.25, -0.2) is 0 Å². The Hall–Kier alpha value is -2.07. The third kappa shape index (κ3) is 3.52. The summed E-state index contributed by atoms with van der Waals surface area (Å²) >= 11 is 5.99. The van der Waals surface area contributed by atoms with E-state index in [9.17, 15) is 4.79 Å². The number of ether oxygens (including phenoxy) is 1. The van der Waals surface area contributed by atoms with E-state index in [0.717, 1.165) is 0 Å². The maximum absolute atomic E-state index is 12.7. The number of halogens is 1. The number of carbonyl (C=O) groups is 1. The number of pyridine rings is 1. The molecule has 0 aliphatic heterocycles. The molecule has 0 unspecified atom stereocenters. The van der Waals surface area contributed by atoms with Crippen LogP contribution in [-0.2, 0) is 0 Å². The van der Waals surface area contributed by atoms with Gasteiger partial charge in [-0.05, 0) is 44.2 Å². The van der Waals surface area contributed by atoms with Crippen molar-refractivity contribution in [3.8, 4) is 5.75 Å². The van der Waals surface area contributed by atoms with Gasteiger partial charge in [-0.2, -0.15) is 0 Å². The molecule has 1 aromatic heterocycles. The molecule has 0 amide bonds. The third-order valence-electron chi connectivity index (χ3n) is 2.84. The van der Waals surface area contributed by atoms with Crippen LogP contribution in [0.15, 0.2) is 47.6 Å². The van der Waals surface area contributed by atoms with Gasteiger partial charge in [-0.15, -0.1) is 0 Å². The lowest BCUT2D eigenvalue weighted by molar-refractivity contribution is 0.0951. The Morgan fingerprint density at radius 3 is 2.71 bits per heavy atom. The summed E-state index contributed by atoms with van der Waals surface area (Å²) in [5.74, 6) is 0.255. The minimum atomic E-state index is -0.227. The molecule has 1 aromatic carbocycles. The molecule has 4 nitrogen and oxygen atoms in total. The lowest BCUT2D eigenvalue weighted by Crippen LogP contribution is -2.28. The van der Waals surface area contributed by atoms with Crippen LogP contribution < -0.4 is 10.2 Å². The third-order valence-corrected chi connectivity index (χ3v) is 3.07. The smallest absolute Gasteiger partial charge is 0.267 e. The van der Waals surface area contributed by atoms with Crippen molar-refractivity contribution in [1.82, 2.24) is 4.57 Å². The molecule has 0 fully saturated rings. The monoisotopic (exact) mass is 304 g/mol. The van der Waals surface area contributed by atoms with E-state index in [1.807, 2.05) is 19.9 Å². The minimum absolute atomic E-state index is 0.0905. The summed E-state index contributed by atoms with van der Waals surface area (Å²) in [6.45, 7) is 3.92. The summed E-state index contributed by atoms with van der Waals surface area (Å²) in [7, 11) is 1.52. The molecule has 0 bridgehead atoms. The standard InChI is InChI=1S/C16H17ClN2O2/c1-11(2)18-15-6-4-5-9-19(15)16(20)13-10-12(17)7-8-14(13)21-3/h4-11H,1-3H3. The molecule has 21 heavy (non-hydrogen) atoms. The van der Waals surface area contributed by atoms with Gasteiger partial charge in [0.05, 0.1) is 12.7 Å². The minimum Gasteiger partial charge on any atom is -0.496 e. The van der Waals surface area contributed by atoms with Crippen molar-refractivity contribution < 1.29 is 9.53 Å². The number of carbonyl (C=O) groups excluding carboxylic acids is 1. The summed E-state index contributed by atoms with van der Waals surface area (Å²) in [6.07, 6.45) is 1.68. The first kappa shape index (κ1) is 15.3. The highest BCUT2D eigenvalue weighted by atomic mass is 35.5. The van der Waals surface area contributed by atoms with Crippen molar-refractivity contribution in [3.63, 3.8) is 0 Å². The van der Waals surface area contributed by atoms with E-state index in [0.29, 0.717) is 21.8 Å². The largest absolute Gasteiger partial charge is 0.496 e. The average molecular weight is 305 g/mol. The fourth-order valence-corrected chi connectivity index (χ4v) is 2.12. The molecule has 2 rings (SSSR count). The van der Waals surface area contributed by atoms with Crippen LogP contribution in [0, 0.1) is 0 Å². The van der Waals surface area contributed by atoms with Crippen LogP contribution in [0.25, 0.3) is 0 Å². The number of rotatable bonds is 3. The highest BCUT2D eigenvalue weighted by Gasteiger charge is 2.15. The van der Waals surface area contributed by atoms with E-state index in [1.165, 1.54) is 11.7 Å². The van der Waals surface area contributed by atoms with Crippen molar-refractivity contribution in [2.75, 3.05) is 7.11 Å². The van der Waals surface area contributed by atoms with Gasteiger partial charge in [0.1, 0.15) is 11.2 Å². The van der Waals surface area contributed by atoms with Crippen molar-refractivity contribution in [3.05, 3.63) is 58.7 Å². The molecular formula is C16H17ClN2O2. The highest BCUT2D eigenvalue weighted by molar-refractivity contribution is 6.31. The summed E-state index contributed by atoms with van der Waals surface area (Å²) in [4.78, 5) is 17.2. The predicted molar refractivity (Wildman–Crippen MR) is 82.9 cm³/mol. The fourth-order valence-electron chi connectivity index (χ4n) is 1.95. The second kappa shape index (κ2) is 6.59. The van der Waals surface area contributed by atoms with Crippen LogP contribution >= 0.6 is 11.6 Å². The highest BCUT2D eigenvalue weighted by Crippen LogP contribution is 2.23. The van der Waals surface area contributed by atoms with Gasteiger partial charge in [0.2, 0.25) is 0 Å². The van der Waals surface area contributed by atoms with Crippen LogP contribution in [0.3, 0.4) is 0 Å². The molecule has 0 N–H and O–H groups in total. The Labute approximate surface area is 128 Å². The van der Waals surface area contributed by atoms with E-state index < -0.39 is 0 Å². The summed E-state index contributed by atoms with van der Waals surface area (Å²) in [5, 5.41) is 0.484. The van der Waals surface area contributed by atoms with E-state index >= 15 is 0 Å². The number of methoxy groups -OCH3 is 1. The topological polar surface area (TPSA) is 43.6 Å². The Bertz CT molecular complexity index is 720. The average Bonchev–Trinajstić information content (AvgIpc) is 2.46. The van der Waals surface area contributed by atoms with Gasteiger partial charge in [-0.1, -0.05) is 17.7 Å². The van der Waals surface area contributed by atoms with E-state index in [-0.39, 0.29) is 11.9 Å². The van der Waals surface area contributed by atoms with Gasteiger partial charge < -0.3 is 4.74 Å². The summed E-state index contributed by atoms with van der Waals surface area (Å²) in [5.41, 5.74) is 1.00. The van der Waals surface area contributed by atoms with Crippen molar-refractivity contribution >= 4 is 17.5 Å². The number of hydrogen-bond acceptors (Lipinski definition) is 3. The Balaban J connectivity index is 2.59. The summed E-state index contributed by atoms with van der Waals surface area (Å²) < 4.78 is 6.73. The lowest BCUT2D eigenvalue weighted by Gasteiger charge is -2.11. The number of hydrogen-bond donors (Lipinski definition) is 0. The van der Waals surface area contributed by atoms with E-state index in [2.05, 4.69) is 4.99 Å². The molecule has 2 aromatic rings. The van der Waals surface area contributed by atoms with Crippen LogP contribution in [-0.4, -0.2) is 23.6 Å². The zero-order valence-corrected chi connectivity index (χ0v) is 13.0. The van der Waals surface area contributed by atoms with Crippen molar-refractivity contribution in [1.29, 1.82) is 0 Å². The number of aromatic nitrogens is 1. The predicted octanol–water partition coefficient (Wildman–Crippen LogP) is 3.15. The second-order valence-electron chi connectivity index (χ2n) is 4.80. The molecule has 0 spiro atoms. The van der Waals surface area contributed by atoms with E-state index in [4.69, 9.17) is 16.3 Å². The first-order chi connectivity index (χ1) is 10.0. The first-order valence-electron chi connectivity index (χ1n) is 6.62. The molecule has 0 aliphatic rings. The van der Waals surface area contributed by atoms with Gasteiger partial charge in [-0.3, -0.25) is 14.4 Å². The molecular weight excluding hydrogens is 288 g/mol. The van der Waals surface area contributed by atoms with Gasteiger partial charge in [0.15, 0.2) is 0 Å². The van der Waals surface area contributed by atoms with Gasteiger partial charge in [0.25, 0.3) is 5.91 Å². The molecule has 110 valence electrons. The molecule has 0 saturated carbocycles. The van der Waals surface area contributed by atoms with Crippen LogP contribution in [0.4, 0.5) is 0 Å². The molecule has 0 saturated heterocycles. The van der Waals surface area contributed by atoms with Gasteiger partial charge >= 0.3 is 0 Å². The molecule has 5 heteroatoms. The Kier molecular flexibility index (Phi) is 4.81. The van der Waals surface area contributed by atoms with Crippen molar-refractivity contribution in [2.45, 2.75) is 19.9 Å². The van der Waals surface area contributed by atoms with Crippen molar-refractivity contribution in [2.24, 2.45) is 4.99 Å². The SMILES string of the molecule is COc1ccc(Cl)cc1C(=O)n1ccccc1=NC(C)C. The Morgan fingerprint density at radius 2 is 2.05 bits per heavy atom. The molecule has 0 atom stereocenters.